The first kappa shape index (κ1) is 25.1. The second kappa shape index (κ2) is 7.93. The average Bonchev–Trinajstić information content (AvgIpc) is 3.38. The Labute approximate surface area is 209 Å². The standard InChI is InChI=1S/C20H27N4O12P/c1-19-13-14-20(19,2)16(28)22-18(30)24(14)12-4-8(9(5-25)34-12)36-37(31,32)33-6-10-7(26)3-11(35-10)23(13)17(29)21-15(19)27/h7-14,25-26H,3-6H2,1-2H3,(H,31,32)(H,21,27,29)(H,22,28,30)/t7-,8-,9+,10+,11+,12+,13-,14+,19+,20-/m0/s1. The van der Waals surface area contributed by atoms with Crippen molar-refractivity contribution in [2.24, 2.45) is 10.8 Å². The van der Waals surface area contributed by atoms with E-state index in [-0.39, 0.29) is 12.8 Å². The molecular formula is C20H27N4O12P. The summed E-state index contributed by atoms with van der Waals surface area (Å²) in [5, 5.41) is 24.9. The average molecular weight is 546 g/mol. The van der Waals surface area contributed by atoms with Crippen molar-refractivity contribution in [3.8, 4) is 0 Å². The Balaban J connectivity index is 1.49. The minimum atomic E-state index is -4.74. The van der Waals surface area contributed by atoms with Crippen LogP contribution in [-0.2, 0) is 32.7 Å². The zero-order chi connectivity index (χ0) is 26.7. The number of aliphatic hydroxyl groups is 2. The first-order chi connectivity index (χ1) is 17.3. The van der Waals surface area contributed by atoms with E-state index in [0.717, 1.165) is 0 Å². The van der Waals surface area contributed by atoms with Gasteiger partial charge >= 0.3 is 19.9 Å². The second-order valence-corrected chi connectivity index (χ2v) is 11.9. The summed E-state index contributed by atoms with van der Waals surface area (Å²) in [6.07, 6.45) is -7.24. The molecule has 1 unspecified atom stereocenters. The van der Waals surface area contributed by atoms with Gasteiger partial charge < -0.3 is 24.6 Å². The Morgan fingerprint density at radius 1 is 0.946 bits per heavy atom. The molecule has 1 aliphatic carbocycles. The monoisotopic (exact) mass is 546 g/mol. The van der Waals surface area contributed by atoms with Crippen molar-refractivity contribution >= 4 is 31.7 Å². The van der Waals surface area contributed by atoms with Crippen molar-refractivity contribution < 1.29 is 57.4 Å². The van der Waals surface area contributed by atoms with Crippen LogP contribution in [0.3, 0.4) is 0 Å². The molecule has 5 heterocycles. The summed E-state index contributed by atoms with van der Waals surface area (Å²) in [5.41, 5.74) is -3.02. The van der Waals surface area contributed by atoms with E-state index in [1.54, 1.807) is 0 Å². The third kappa shape index (κ3) is 3.18. The van der Waals surface area contributed by atoms with Gasteiger partial charge in [0.2, 0.25) is 11.8 Å². The number of nitrogens with one attached hydrogen (secondary N) is 2. The number of imide groups is 2. The Morgan fingerprint density at radius 3 is 2.03 bits per heavy atom. The molecule has 0 aromatic rings. The molecule has 6 amide bonds. The van der Waals surface area contributed by atoms with Crippen LogP contribution in [0, 0.1) is 10.8 Å². The number of nitrogens with zero attached hydrogens (tertiary/aromatic N) is 2. The van der Waals surface area contributed by atoms with E-state index in [2.05, 4.69) is 10.6 Å². The van der Waals surface area contributed by atoms with Gasteiger partial charge in [-0.1, -0.05) is 0 Å². The van der Waals surface area contributed by atoms with Gasteiger partial charge in [0.1, 0.15) is 30.8 Å². The predicted molar refractivity (Wildman–Crippen MR) is 115 cm³/mol. The molecule has 37 heavy (non-hydrogen) atoms. The molecule has 5 N–H and O–H groups in total. The molecule has 6 rings (SSSR count). The summed E-state index contributed by atoms with van der Waals surface area (Å²) >= 11 is 0. The smallest absolute Gasteiger partial charge is 0.394 e. The number of hydrogen-bond donors (Lipinski definition) is 5. The summed E-state index contributed by atoms with van der Waals surface area (Å²) in [7, 11) is -4.74. The molecular weight excluding hydrogens is 519 g/mol. The topological polar surface area (TPSA) is 213 Å². The molecule has 11 atom stereocenters. The van der Waals surface area contributed by atoms with Gasteiger partial charge in [-0.15, -0.1) is 0 Å². The van der Waals surface area contributed by atoms with Crippen molar-refractivity contribution in [3.05, 3.63) is 0 Å². The first-order valence-corrected chi connectivity index (χ1v) is 13.4. The lowest BCUT2D eigenvalue weighted by Gasteiger charge is -2.72. The van der Waals surface area contributed by atoms with Crippen LogP contribution < -0.4 is 10.6 Å². The van der Waals surface area contributed by atoms with Gasteiger partial charge in [0.25, 0.3) is 0 Å². The molecule has 16 nitrogen and oxygen atoms in total. The van der Waals surface area contributed by atoms with E-state index in [0.29, 0.717) is 0 Å². The maximum atomic E-state index is 13.2. The van der Waals surface area contributed by atoms with Crippen molar-refractivity contribution in [1.82, 2.24) is 20.4 Å². The van der Waals surface area contributed by atoms with Gasteiger partial charge in [0.15, 0.2) is 0 Å². The number of carbonyl (C=O) groups is 4. The Bertz CT molecular complexity index is 1140. The molecule has 1 saturated carbocycles. The van der Waals surface area contributed by atoms with Crippen LogP contribution >= 0.6 is 7.82 Å². The van der Waals surface area contributed by atoms with E-state index in [4.69, 9.17) is 18.5 Å². The second-order valence-electron chi connectivity index (χ2n) is 10.5. The summed E-state index contributed by atoms with van der Waals surface area (Å²) in [6, 6.07) is -3.82. The van der Waals surface area contributed by atoms with Crippen LogP contribution in [0.15, 0.2) is 0 Å². The van der Waals surface area contributed by atoms with Crippen molar-refractivity contribution in [3.63, 3.8) is 0 Å². The summed E-state index contributed by atoms with van der Waals surface area (Å²) in [4.78, 5) is 65.5. The van der Waals surface area contributed by atoms with Gasteiger partial charge in [-0.2, -0.15) is 0 Å². The molecule has 5 saturated heterocycles. The lowest BCUT2D eigenvalue weighted by molar-refractivity contribution is -0.242. The zero-order valence-electron chi connectivity index (χ0n) is 19.8. The Morgan fingerprint density at radius 2 is 1.49 bits per heavy atom. The maximum absolute atomic E-state index is 13.2. The number of phosphoric acid groups is 1. The SMILES string of the molecule is C[C@]12C(=O)NC(=O)N3[C@H]1[C@H]1N(C(=O)NC(=O)[C@]12C)[C@H]1C[C@H](OP(=O)(O)OC[C@H]2O[C@@H]3C[C@@H]2O)[C@@H](CO)O1. The van der Waals surface area contributed by atoms with Crippen LogP contribution in [0.4, 0.5) is 9.59 Å². The summed E-state index contributed by atoms with van der Waals surface area (Å²) in [5.74, 6) is -1.42. The number of phosphoric ester groups is 1. The highest BCUT2D eigenvalue weighted by Gasteiger charge is 2.82. The number of urea groups is 2. The van der Waals surface area contributed by atoms with Crippen LogP contribution in [0.2, 0.25) is 0 Å². The summed E-state index contributed by atoms with van der Waals surface area (Å²) in [6.45, 7) is 1.84. The van der Waals surface area contributed by atoms with Crippen LogP contribution in [0.5, 0.6) is 0 Å². The van der Waals surface area contributed by atoms with Gasteiger partial charge in [-0.3, -0.25) is 39.1 Å². The number of ether oxygens (including phenoxy) is 2. The number of carbonyl (C=O) groups excluding carboxylic acids is 4. The normalized spacial score (nSPS) is 51.2. The van der Waals surface area contributed by atoms with Crippen molar-refractivity contribution in [2.45, 2.75) is 75.6 Å². The molecule has 0 aromatic carbocycles. The van der Waals surface area contributed by atoms with Crippen LogP contribution in [0.1, 0.15) is 26.7 Å². The number of fused-ring (bicyclic) bond motifs is 7. The molecule has 0 aromatic heterocycles. The van der Waals surface area contributed by atoms with Gasteiger partial charge in [-0.25, -0.2) is 14.2 Å². The Hall–Kier alpha value is -2.17. The highest BCUT2D eigenvalue weighted by atomic mass is 31.2. The largest absolute Gasteiger partial charge is 0.472 e. The van der Waals surface area contributed by atoms with Crippen molar-refractivity contribution in [1.29, 1.82) is 0 Å². The maximum Gasteiger partial charge on any atom is 0.472 e. The van der Waals surface area contributed by atoms with Gasteiger partial charge in [0.05, 0.1) is 42.2 Å². The van der Waals surface area contributed by atoms with Gasteiger partial charge in [-0.05, 0) is 13.8 Å². The number of aliphatic hydroxyl groups excluding tert-OH is 2. The third-order valence-electron chi connectivity index (χ3n) is 8.87. The number of amides is 6. The van der Waals surface area contributed by atoms with E-state index in [1.807, 2.05) is 0 Å². The van der Waals surface area contributed by atoms with E-state index in [1.165, 1.54) is 23.6 Å². The van der Waals surface area contributed by atoms with Crippen LogP contribution in [-0.4, -0.2) is 111 Å². The molecule has 17 heteroatoms. The molecule has 0 radical (unpaired) electrons. The fourth-order valence-corrected chi connectivity index (χ4v) is 7.72. The quantitative estimate of drug-likeness (QED) is 0.225. The Kier molecular flexibility index (Phi) is 5.38. The zero-order valence-corrected chi connectivity index (χ0v) is 20.7. The summed E-state index contributed by atoms with van der Waals surface area (Å²) < 4.78 is 34.6. The fraction of sp³-hybridized carbons (Fsp3) is 0.800. The number of hydrogen-bond acceptors (Lipinski definition) is 11. The molecule has 6 fully saturated rings. The molecule has 0 spiro atoms. The third-order valence-corrected chi connectivity index (χ3v) is 9.88. The number of rotatable bonds is 1. The molecule has 5 aliphatic heterocycles. The highest BCUT2D eigenvalue weighted by Crippen LogP contribution is 2.64. The lowest BCUT2D eigenvalue weighted by atomic mass is 9.42. The predicted octanol–water partition coefficient (Wildman–Crippen LogP) is -2.05. The molecule has 4 bridgehead atoms. The fourth-order valence-electron chi connectivity index (χ4n) is 6.76. The van der Waals surface area contributed by atoms with Gasteiger partial charge in [0, 0.05) is 12.8 Å². The van der Waals surface area contributed by atoms with Crippen molar-refractivity contribution in [2.75, 3.05) is 13.2 Å². The first-order valence-electron chi connectivity index (χ1n) is 11.9. The highest BCUT2D eigenvalue weighted by molar-refractivity contribution is 7.47. The van der Waals surface area contributed by atoms with E-state index >= 15 is 0 Å². The molecule has 204 valence electrons. The lowest BCUT2D eigenvalue weighted by Crippen LogP contribution is -2.92. The molecule has 6 aliphatic rings. The van der Waals surface area contributed by atoms with Crippen LogP contribution in [0.25, 0.3) is 0 Å². The van der Waals surface area contributed by atoms with E-state index < -0.39 is 105 Å². The van der Waals surface area contributed by atoms with E-state index in [9.17, 15) is 38.8 Å². The minimum absolute atomic E-state index is 0.127. The minimum Gasteiger partial charge on any atom is -0.394 e.